The summed E-state index contributed by atoms with van der Waals surface area (Å²) in [6.07, 6.45) is -0.249. The maximum absolute atomic E-state index is 12.1. The van der Waals surface area contributed by atoms with E-state index in [1.807, 2.05) is 0 Å². The number of benzene rings is 1. The van der Waals surface area contributed by atoms with Crippen LogP contribution in [0.15, 0.2) is 24.3 Å². The second kappa shape index (κ2) is 7.93. The van der Waals surface area contributed by atoms with Crippen molar-refractivity contribution in [2.24, 2.45) is 0 Å². The molecule has 1 atom stereocenters. The van der Waals surface area contributed by atoms with Gasteiger partial charge in [-0.3, -0.25) is 9.59 Å². The molecule has 0 bridgehead atoms. The predicted molar refractivity (Wildman–Crippen MR) is 82.8 cm³/mol. The van der Waals surface area contributed by atoms with Crippen LogP contribution in [-0.4, -0.2) is 52.8 Å². The second-order valence-corrected chi connectivity index (χ2v) is 5.96. The minimum absolute atomic E-state index is 0.0647. The summed E-state index contributed by atoms with van der Waals surface area (Å²) in [5.74, 6) is 0.477. The van der Waals surface area contributed by atoms with Gasteiger partial charge in [-0.25, -0.2) is 0 Å². The maximum atomic E-state index is 12.1. The van der Waals surface area contributed by atoms with Crippen LogP contribution >= 0.6 is 11.8 Å². The molecule has 0 saturated carbocycles. The molecule has 1 amide bonds. The van der Waals surface area contributed by atoms with Crippen LogP contribution in [-0.2, 0) is 14.3 Å². The zero-order valence-corrected chi connectivity index (χ0v) is 13.2. The molecule has 1 heterocycles. The number of carbonyl (C=O) groups is 2. The Hall–Kier alpha value is -1.89. The highest BCUT2D eigenvalue weighted by atomic mass is 32.2. The summed E-state index contributed by atoms with van der Waals surface area (Å²) in [7, 11) is 0. The van der Waals surface area contributed by atoms with E-state index in [4.69, 9.17) is 9.47 Å². The molecule has 1 fully saturated rings. The molecule has 1 saturated heterocycles. The van der Waals surface area contributed by atoms with Crippen molar-refractivity contribution in [2.75, 3.05) is 25.5 Å². The Balaban J connectivity index is 1.89. The van der Waals surface area contributed by atoms with Crippen molar-refractivity contribution >= 4 is 23.6 Å². The third-order valence-corrected chi connectivity index (χ3v) is 4.35. The zero-order valence-electron chi connectivity index (χ0n) is 12.4. The molecule has 1 aromatic carbocycles. The normalized spacial score (nSPS) is 17.3. The number of esters is 1. The van der Waals surface area contributed by atoms with Crippen LogP contribution in [0.25, 0.3) is 0 Å². The number of aromatic hydroxyl groups is 1. The van der Waals surface area contributed by atoms with Gasteiger partial charge in [0.25, 0.3) is 0 Å². The van der Waals surface area contributed by atoms with Crippen LogP contribution in [0.5, 0.6) is 11.5 Å². The lowest BCUT2D eigenvalue weighted by molar-refractivity contribution is -0.148. The molecule has 0 unspecified atom stereocenters. The SMILES string of the molecule is CCOC(=O)CC(=O)N1CCS[C@@H]1COc1ccccc1O. The Morgan fingerprint density at radius 3 is 2.91 bits per heavy atom. The summed E-state index contributed by atoms with van der Waals surface area (Å²) < 4.78 is 10.4. The fourth-order valence-corrected chi connectivity index (χ4v) is 3.26. The molecule has 0 aliphatic carbocycles. The van der Waals surface area contributed by atoms with Gasteiger partial charge >= 0.3 is 5.97 Å². The molecular formula is C15H19NO5S. The summed E-state index contributed by atoms with van der Waals surface area (Å²) in [5.41, 5.74) is 0. The molecule has 1 aliphatic rings. The molecule has 0 aromatic heterocycles. The molecule has 0 spiro atoms. The molecule has 6 nitrogen and oxygen atoms in total. The highest BCUT2D eigenvalue weighted by Gasteiger charge is 2.31. The van der Waals surface area contributed by atoms with Crippen LogP contribution in [0.2, 0.25) is 0 Å². The van der Waals surface area contributed by atoms with Crippen molar-refractivity contribution < 1.29 is 24.2 Å². The molecule has 1 N–H and O–H groups in total. The summed E-state index contributed by atoms with van der Waals surface area (Å²) in [5, 5.41) is 9.50. The number of hydrogen-bond acceptors (Lipinski definition) is 6. The lowest BCUT2D eigenvalue weighted by atomic mass is 10.3. The molecule has 22 heavy (non-hydrogen) atoms. The number of hydrogen-bond donors (Lipinski definition) is 1. The van der Waals surface area contributed by atoms with Gasteiger partial charge < -0.3 is 19.5 Å². The minimum Gasteiger partial charge on any atom is -0.504 e. The van der Waals surface area contributed by atoms with E-state index < -0.39 is 5.97 Å². The summed E-state index contributed by atoms with van der Waals surface area (Å²) in [4.78, 5) is 25.2. The van der Waals surface area contributed by atoms with E-state index in [1.54, 1.807) is 47.9 Å². The largest absolute Gasteiger partial charge is 0.504 e. The average Bonchev–Trinajstić information content (AvgIpc) is 2.95. The third kappa shape index (κ3) is 4.30. The average molecular weight is 325 g/mol. The molecule has 120 valence electrons. The maximum Gasteiger partial charge on any atom is 0.315 e. The first-order valence-electron chi connectivity index (χ1n) is 7.09. The number of rotatable bonds is 6. The lowest BCUT2D eigenvalue weighted by Crippen LogP contribution is -2.39. The Kier molecular flexibility index (Phi) is 5.94. The van der Waals surface area contributed by atoms with E-state index in [9.17, 15) is 14.7 Å². The van der Waals surface area contributed by atoms with Crippen molar-refractivity contribution in [3.05, 3.63) is 24.3 Å². The number of carbonyl (C=O) groups excluding carboxylic acids is 2. The van der Waals surface area contributed by atoms with Gasteiger partial charge in [0.2, 0.25) is 5.91 Å². The first kappa shape index (κ1) is 16.5. The van der Waals surface area contributed by atoms with Gasteiger partial charge in [-0.1, -0.05) is 12.1 Å². The van der Waals surface area contributed by atoms with Crippen LogP contribution in [0, 0.1) is 0 Å². The van der Waals surface area contributed by atoms with Crippen LogP contribution in [0.3, 0.4) is 0 Å². The Morgan fingerprint density at radius 2 is 2.18 bits per heavy atom. The van der Waals surface area contributed by atoms with Crippen molar-refractivity contribution in [1.82, 2.24) is 4.90 Å². The van der Waals surface area contributed by atoms with Crippen molar-refractivity contribution in [3.63, 3.8) is 0 Å². The van der Waals surface area contributed by atoms with Gasteiger partial charge in [-0.15, -0.1) is 11.8 Å². The monoisotopic (exact) mass is 325 g/mol. The van der Waals surface area contributed by atoms with E-state index in [-0.39, 0.29) is 36.7 Å². The van der Waals surface area contributed by atoms with Gasteiger partial charge in [0.05, 0.1) is 6.61 Å². The van der Waals surface area contributed by atoms with E-state index in [0.717, 1.165) is 5.75 Å². The number of para-hydroxylation sites is 2. The first-order valence-corrected chi connectivity index (χ1v) is 8.14. The van der Waals surface area contributed by atoms with Crippen molar-refractivity contribution in [3.8, 4) is 11.5 Å². The molecular weight excluding hydrogens is 306 g/mol. The van der Waals surface area contributed by atoms with Gasteiger partial charge in [0.1, 0.15) is 18.4 Å². The zero-order chi connectivity index (χ0) is 15.9. The molecule has 7 heteroatoms. The van der Waals surface area contributed by atoms with Gasteiger partial charge in [-0.05, 0) is 19.1 Å². The number of ether oxygens (including phenoxy) is 2. The third-order valence-electron chi connectivity index (χ3n) is 3.16. The quantitative estimate of drug-likeness (QED) is 0.633. The van der Waals surface area contributed by atoms with Gasteiger partial charge in [0.15, 0.2) is 11.5 Å². The number of phenols is 1. The van der Waals surface area contributed by atoms with E-state index in [1.165, 1.54) is 0 Å². The predicted octanol–water partition coefficient (Wildman–Crippen LogP) is 1.63. The highest BCUT2D eigenvalue weighted by Crippen LogP contribution is 2.28. The number of nitrogens with zero attached hydrogens (tertiary/aromatic N) is 1. The highest BCUT2D eigenvalue weighted by molar-refractivity contribution is 8.00. The summed E-state index contributed by atoms with van der Waals surface area (Å²) in [6, 6.07) is 6.68. The Bertz CT molecular complexity index is 536. The molecule has 1 aliphatic heterocycles. The molecule has 1 aromatic rings. The van der Waals surface area contributed by atoms with E-state index >= 15 is 0 Å². The van der Waals surface area contributed by atoms with Gasteiger partial charge in [0, 0.05) is 12.3 Å². The van der Waals surface area contributed by atoms with Crippen molar-refractivity contribution in [2.45, 2.75) is 18.7 Å². The summed E-state index contributed by atoms with van der Waals surface area (Å²) >= 11 is 1.59. The molecule has 0 radical (unpaired) electrons. The fraction of sp³-hybridized carbons (Fsp3) is 0.467. The minimum atomic E-state index is -0.509. The number of amides is 1. The smallest absolute Gasteiger partial charge is 0.315 e. The molecule has 2 rings (SSSR count). The lowest BCUT2D eigenvalue weighted by Gasteiger charge is -2.23. The second-order valence-electron chi connectivity index (χ2n) is 4.67. The Labute approximate surface area is 133 Å². The van der Waals surface area contributed by atoms with Crippen LogP contribution in [0.4, 0.5) is 0 Å². The van der Waals surface area contributed by atoms with Gasteiger partial charge in [-0.2, -0.15) is 0 Å². The first-order chi connectivity index (χ1) is 10.6. The van der Waals surface area contributed by atoms with Crippen LogP contribution < -0.4 is 4.74 Å². The number of thioether (sulfide) groups is 1. The van der Waals surface area contributed by atoms with Crippen molar-refractivity contribution in [1.29, 1.82) is 0 Å². The fourth-order valence-electron chi connectivity index (χ4n) is 2.12. The topological polar surface area (TPSA) is 76.1 Å². The standard InChI is InChI=1S/C15H19NO5S/c1-2-20-15(19)9-13(18)16-7-8-22-14(16)10-21-12-6-4-3-5-11(12)17/h3-6,14,17H,2,7-10H2,1H3/t14-/m1/s1. The summed E-state index contributed by atoms with van der Waals surface area (Å²) in [6.45, 7) is 2.81. The van der Waals surface area contributed by atoms with E-state index in [0.29, 0.717) is 12.3 Å². The Morgan fingerprint density at radius 1 is 1.41 bits per heavy atom. The number of phenolic OH excluding ortho intramolecular Hbond substituents is 1. The van der Waals surface area contributed by atoms with E-state index in [2.05, 4.69) is 0 Å². The van der Waals surface area contributed by atoms with Crippen LogP contribution in [0.1, 0.15) is 13.3 Å².